The second-order valence-electron chi connectivity index (χ2n) is 5.17. The van der Waals surface area contributed by atoms with Crippen molar-refractivity contribution in [2.75, 3.05) is 5.32 Å². The summed E-state index contributed by atoms with van der Waals surface area (Å²) in [5.41, 5.74) is 1.83. The Kier molecular flexibility index (Phi) is 5.93. The fourth-order valence-electron chi connectivity index (χ4n) is 1.94. The lowest BCUT2D eigenvalue weighted by atomic mass is 10.1. The van der Waals surface area contributed by atoms with Gasteiger partial charge in [-0.2, -0.15) is 0 Å². The van der Waals surface area contributed by atoms with Crippen molar-refractivity contribution in [3.05, 3.63) is 65.5 Å². The third kappa shape index (κ3) is 4.93. The third-order valence-electron chi connectivity index (χ3n) is 3.37. The average molecular weight is 331 g/mol. The normalized spacial score (nSPS) is 11.8. The summed E-state index contributed by atoms with van der Waals surface area (Å²) >= 11 is 1.37. The molecule has 0 fully saturated rings. The van der Waals surface area contributed by atoms with E-state index in [4.69, 9.17) is 0 Å². The highest BCUT2D eigenvalue weighted by Gasteiger charge is 2.14. The number of nitrogens with one attached hydrogen (secondary N) is 1. The molecule has 1 amide bonds. The van der Waals surface area contributed by atoms with Crippen molar-refractivity contribution in [2.24, 2.45) is 0 Å². The van der Waals surface area contributed by atoms with E-state index in [2.05, 4.69) is 5.32 Å². The highest BCUT2D eigenvalue weighted by molar-refractivity contribution is 7.99. The monoisotopic (exact) mass is 331 g/mol. The Hall–Kier alpha value is -2.14. The first-order chi connectivity index (χ1) is 11.0. The van der Waals surface area contributed by atoms with Crippen molar-refractivity contribution in [3.8, 4) is 0 Å². The van der Waals surface area contributed by atoms with Crippen LogP contribution in [0.2, 0.25) is 0 Å². The smallest absolute Gasteiger partial charge is 0.237 e. The van der Waals surface area contributed by atoms with E-state index in [1.54, 1.807) is 49.4 Å². The summed E-state index contributed by atoms with van der Waals surface area (Å²) in [5.74, 6) is 0.0101. The molecule has 2 aromatic carbocycles. The Labute approximate surface area is 139 Å². The zero-order valence-corrected chi connectivity index (χ0v) is 13.8. The number of hydrogen-bond donors (Lipinski definition) is 1. The Morgan fingerprint density at radius 1 is 1.13 bits per heavy atom. The Morgan fingerprint density at radius 3 is 2.39 bits per heavy atom. The molecule has 5 heteroatoms. The van der Waals surface area contributed by atoms with Crippen molar-refractivity contribution in [3.63, 3.8) is 0 Å². The van der Waals surface area contributed by atoms with Gasteiger partial charge in [-0.15, -0.1) is 11.8 Å². The number of rotatable bonds is 6. The number of Topliss-reactive ketones (excluding diaryl/α,β-unsaturated/α-hetero) is 1. The van der Waals surface area contributed by atoms with E-state index in [9.17, 15) is 14.0 Å². The van der Waals surface area contributed by atoms with E-state index >= 15 is 0 Å². The SMILES string of the molecule is CC(=O)c1ccc(NC(=O)[C@H](C)SCc2ccccc2F)cc1. The van der Waals surface area contributed by atoms with Crippen LogP contribution in [0.1, 0.15) is 29.8 Å². The van der Waals surface area contributed by atoms with Gasteiger partial charge in [0.15, 0.2) is 5.78 Å². The molecule has 0 aromatic heterocycles. The molecule has 0 bridgehead atoms. The van der Waals surface area contributed by atoms with E-state index in [0.717, 1.165) is 0 Å². The van der Waals surface area contributed by atoms with Gasteiger partial charge in [0.25, 0.3) is 0 Å². The van der Waals surface area contributed by atoms with Crippen LogP contribution in [-0.4, -0.2) is 16.9 Å². The fraction of sp³-hybridized carbons (Fsp3) is 0.222. The highest BCUT2D eigenvalue weighted by atomic mass is 32.2. The van der Waals surface area contributed by atoms with Gasteiger partial charge in [0.1, 0.15) is 5.82 Å². The first-order valence-corrected chi connectivity index (χ1v) is 8.29. The maximum Gasteiger partial charge on any atom is 0.237 e. The molecule has 2 rings (SSSR count). The molecule has 0 radical (unpaired) electrons. The lowest BCUT2D eigenvalue weighted by Crippen LogP contribution is -2.22. The van der Waals surface area contributed by atoms with Gasteiger partial charge in [0, 0.05) is 17.0 Å². The number of ketones is 1. The van der Waals surface area contributed by atoms with Gasteiger partial charge < -0.3 is 5.32 Å². The maximum absolute atomic E-state index is 13.5. The van der Waals surface area contributed by atoms with E-state index < -0.39 is 0 Å². The predicted molar refractivity (Wildman–Crippen MR) is 92.2 cm³/mol. The number of amides is 1. The second-order valence-corrected chi connectivity index (χ2v) is 6.50. The molecule has 23 heavy (non-hydrogen) atoms. The number of carbonyl (C=O) groups excluding carboxylic acids is 2. The maximum atomic E-state index is 13.5. The number of hydrogen-bond acceptors (Lipinski definition) is 3. The summed E-state index contributed by atoms with van der Waals surface area (Å²) < 4.78 is 13.5. The van der Waals surface area contributed by atoms with E-state index in [-0.39, 0.29) is 22.8 Å². The van der Waals surface area contributed by atoms with Crippen LogP contribution in [0.3, 0.4) is 0 Å². The summed E-state index contributed by atoms with van der Waals surface area (Å²) in [6, 6.07) is 13.3. The van der Waals surface area contributed by atoms with Crippen molar-refractivity contribution in [1.29, 1.82) is 0 Å². The van der Waals surface area contributed by atoms with E-state index in [1.165, 1.54) is 24.8 Å². The number of carbonyl (C=O) groups is 2. The van der Waals surface area contributed by atoms with Gasteiger partial charge in [-0.05, 0) is 49.7 Å². The van der Waals surface area contributed by atoms with Crippen LogP contribution in [0.15, 0.2) is 48.5 Å². The molecular weight excluding hydrogens is 313 g/mol. The fourth-order valence-corrected chi connectivity index (χ4v) is 2.81. The minimum absolute atomic E-state index is 0.0170. The van der Waals surface area contributed by atoms with Crippen molar-refractivity contribution < 1.29 is 14.0 Å². The van der Waals surface area contributed by atoms with Crippen LogP contribution >= 0.6 is 11.8 Å². The van der Waals surface area contributed by atoms with Gasteiger partial charge in [0.05, 0.1) is 5.25 Å². The summed E-state index contributed by atoms with van der Waals surface area (Å²) in [5, 5.41) is 2.48. The van der Waals surface area contributed by atoms with Crippen LogP contribution in [0.25, 0.3) is 0 Å². The molecule has 1 N–H and O–H groups in total. The molecule has 2 aromatic rings. The number of halogens is 1. The Balaban J connectivity index is 1.89. The quantitative estimate of drug-likeness (QED) is 0.803. The zero-order chi connectivity index (χ0) is 16.8. The van der Waals surface area contributed by atoms with Crippen LogP contribution in [-0.2, 0) is 10.5 Å². The van der Waals surface area contributed by atoms with Crippen molar-refractivity contribution >= 4 is 29.1 Å². The van der Waals surface area contributed by atoms with Gasteiger partial charge >= 0.3 is 0 Å². The third-order valence-corrected chi connectivity index (χ3v) is 4.57. The van der Waals surface area contributed by atoms with Crippen LogP contribution in [0.4, 0.5) is 10.1 Å². The Bertz CT molecular complexity index is 700. The zero-order valence-electron chi connectivity index (χ0n) is 13.0. The summed E-state index contributed by atoms with van der Waals surface area (Å²) in [7, 11) is 0. The molecule has 0 saturated carbocycles. The molecule has 0 unspecified atom stereocenters. The van der Waals surface area contributed by atoms with Crippen LogP contribution in [0.5, 0.6) is 0 Å². The molecule has 0 aliphatic carbocycles. The van der Waals surface area contributed by atoms with E-state index in [0.29, 0.717) is 22.6 Å². The van der Waals surface area contributed by atoms with E-state index in [1.807, 2.05) is 0 Å². The topological polar surface area (TPSA) is 46.2 Å². The molecule has 120 valence electrons. The van der Waals surface area contributed by atoms with Gasteiger partial charge in [-0.3, -0.25) is 9.59 Å². The van der Waals surface area contributed by atoms with Gasteiger partial charge in [0.2, 0.25) is 5.91 Å². The number of benzene rings is 2. The van der Waals surface area contributed by atoms with Crippen LogP contribution in [0, 0.1) is 5.82 Å². The minimum atomic E-state index is -0.318. The summed E-state index contributed by atoms with van der Waals surface area (Å²) in [6.07, 6.45) is 0. The lowest BCUT2D eigenvalue weighted by Gasteiger charge is -2.12. The standard InChI is InChI=1S/C18H18FNO2S/c1-12(21)14-7-9-16(10-8-14)20-18(22)13(2)23-11-15-5-3-4-6-17(15)19/h3-10,13H,11H2,1-2H3,(H,20,22)/t13-/m0/s1. The van der Waals surface area contributed by atoms with Crippen molar-refractivity contribution in [2.45, 2.75) is 24.9 Å². The largest absolute Gasteiger partial charge is 0.325 e. The van der Waals surface area contributed by atoms with Gasteiger partial charge in [-0.1, -0.05) is 18.2 Å². The first kappa shape index (κ1) is 17.2. The highest BCUT2D eigenvalue weighted by Crippen LogP contribution is 2.21. The number of thioether (sulfide) groups is 1. The number of anilines is 1. The molecule has 0 heterocycles. The molecule has 0 aliphatic heterocycles. The molecule has 3 nitrogen and oxygen atoms in total. The summed E-state index contributed by atoms with van der Waals surface area (Å²) in [6.45, 7) is 3.28. The molecule has 0 saturated heterocycles. The molecule has 0 aliphatic rings. The molecule has 0 spiro atoms. The van der Waals surface area contributed by atoms with Crippen molar-refractivity contribution in [1.82, 2.24) is 0 Å². The molecule has 1 atom stereocenters. The first-order valence-electron chi connectivity index (χ1n) is 7.24. The Morgan fingerprint density at radius 2 is 1.78 bits per heavy atom. The summed E-state index contributed by atoms with van der Waals surface area (Å²) in [4.78, 5) is 23.4. The average Bonchev–Trinajstić information content (AvgIpc) is 2.54. The van der Waals surface area contributed by atoms with Gasteiger partial charge in [-0.25, -0.2) is 4.39 Å². The minimum Gasteiger partial charge on any atom is -0.325 e. The van der Waals surface area contributed by atoms with Crippen LogP contribution < -0.4 is 5.32 Å². The lowest BCUT2D eigenvalue weighted by molar-refractivity contribution is -0.115. The second kappa shape index (κ2) is 7.92. The predicted octanol–water partition coefficient (Wildman–Crippen LogP) is 4.29. The molecular formula is C18H18FNO2S.